The van der Waals surface area contributed by atoms with Gasteiger partial charge in [0.1, 0.15) is 5.82 Å². The first-order chi connectivity index (χ1) is 11.4. The zero-order chi connectivity index (χ0) is 17.6. The summed E-state index contributed by atoms with van der Waals surface area (Å²) in [6.45, 7) is 4.68. The fourth-order valence-corrected chi connectivity index (χ4v) is 2.82. The third-order valence-electron chi connectivity index (χ3n) is 4.24. The lowest BCUT2D eigenvalue weighted by Crippen LogP contribution is -2.35. The first-order valence-corrected chi connectivity index (χ1v) is 8.48. The number of pyridine rings is 1. The van der Waals surface area contributed by atoms with Gasteiger partial charge in [-0.1, -0.05) is 19.8 Å². The molecular formula is C17H24F3N3O. The van der Waals surface area contributed by atoms with Crippen molar-refractivity contribution in [3.8, 4) is 0 Å². The van der Waals surface area contributed by atoms with Crippen molar-refractivity contribution in [1.82, 2.24) is 9.88 Å². The molecule has 1 aromatic rings. The van der Waals surface area contributed by atoms with Gasteiger partial charge in [-0.15, -0.1) is 0 Å². The van der Waals surface area contributed by atoms with Crippen LogP contribution in [0, 0.1) is 0 Å². The van der Waals surface area contributed by atoms with Gasteiger partial charge in [-0.25, -0.2) is 4.98 Å². The molecule has 24 heavy (non-hydrogen) atoms. The molecule has 1 aliphatic rings. The first-order valence-electron chi connectivity index (χ1n) is 8.48. The Labute approximate surface area is 140 Å². The monoisotopic (exact) mass is 343 g/mol. The number of halogens is 3. The van der Waals surface area contributed by atoms with Gasteiger partial charge >= 0.3 is 6.18 Å². The van der Waals surface area contributed by atoms with Crippen molar-refractivity contribution < 1.29 is 18.0 Å². The second-order valence-electron chi connectivity index (χ2n) is 6.08. The molecule has 0 spiro atoms. The Morgan fingerprint density at radius 2 is 1.96 bits per heavy atom. The Morgan fingerprint density at radius 1 is 1.17 bits per heavy atom. The van der Waals surface area contributed by atoms with Crippen LogP contribution < -0.4 is 4.90 Å². The van der Waals surface area contributed by atoms with Crippen LogP contribution >= 0.6 is 0 Å². The maximum atomic E-state index is 12.6. The number of rotatable bonds is 5. The summed E-state index contributed by atoms with van der Waals surface area (Å²) in [6.07, 6.45) is 0.923. The van der Waals surface area contributed by atoms with Crippen molar-refractivity contribution >= 4 is 11.7 Å². The Hall–Kier alpha value is -1.79. The van der Waals surface area contributed by atoms with Crippen LogP contribution in [-0.4, -0.2) is 42.0 Å². The highest BCUT2D eigenvalue weighted by Crippen LogP contribution is 2.29. The molecular weight excluding hydrogens is 319 g/mol. The van der Waals surface area contributed by atoms with E-state index in [1.54, 1.807) is 0 Å². The summed E-state index contributed by atoms with van der Waals surface area (Å²) in [5.41, 5.74) is -0.742. The van der Waals surface area contributed by atoms with Crippen LogP contribution in [0.1, 0.15) is 44.6 Å². The van der Waals surface area contributed by atoms with E-state index in [2.05, 4.69) is 11.9 Å². The van der Waals surface area contributed by atoms with Crippen LogP contribution in [0.2, 0.25) is 0 Å². The third-order valence-corrected chi connectivity index (χ3v) is 4.24. The number of anilines is 1. The molecule has 0 atom stereocenters. The van der Waals surface area contributed by atoms with E-state index in [4.69, 9.17) is 0 Å². The summed E-state index contributed by atoms with van der Waals surface area (Å²) in [7, 11) is 0. The van der Waals surface area contributed by atoms with Gasteiger partial charge in [0.2, 0.25) is 5.91 Å². The van der Waals surface area contributed by atoms with Crippen molar-refractivity contribution in [3.05, 3.63) is 23.9 Å². The first kappa shape index (κ1) is 18.5. The molecule has 1 aliphatic heterocycles. The highest BCUT2D eigenvalue weighted by atomic mass is 19.4. The molecule has 134 valence electrons. The Morgan fingerprint density at radius 3 is 2.58 bits per heavy atom. The predicted octanol–water partition coefficient (Wildman–Crippen LogP) is 3.72. The molecule has 0 radical (unpaired) electrons. The number of unbranched alkanes of at least 4 members (excludes halogenated alkanes) is 2. The highest BCUT2D eigenvalue weighted by Gasteiger charge is 2.31. The zero-order valence-corrected chi connectivity index (χ0v) is 14.0. The number of carbonyl (C=O) groups is 1. The molecule has 7 heteroatoms. The molecule has 0 aliphatic carbocycles. The average Bonchev–Trinajstić information content (AvgIpc) is 2.80. The summed E-state index contributed by atoms with van der Waals surface area (Å²) in [5, 5.41) is 0. The van der Waals surface area contributed by atoms with Gasteiger partial charge < -0.3 is 9.80 Å². The van der Waals surface area contributed by atoms with E-state index in [0.29, 0.717) is 38.4 Å². The molecule has 2 rings (SSSR count). The van der Waals surface area contributed by atoms with Gasteiger partial charge in [0.15, 0.2) is 0 Å². The Kier molecular flexibility index (Phi) is 6.45. The zero-order valence-electron chi connectivity index (χ0n) is 14.0. The molecule has 1 aromatic heterocycles. The average molecular weight is 343 g/mol. The van der Waals surface area contributed by atoms with E-state index in [-0.39, 0.29) is 5.91 Å². The maximum Gasteiger partial charge on any atom is 0.417 e. The maximum absolute atomic E-state index is 12.6. The van der Waals surface area contributed by atoms with Gasteiger partial charge in [0.25, 0.3) is 0 Å². The minimum absolute atomic E-state index is 0.172. The van der Waals surface area contributed by atoms with Gasteiger partial charge in [0, 0.05) is 38.8 Å². The van der Waals surface area contributed by atoms with Gasteiger partial charge in [0.05, 0.1) is 5.56 Å². The van der Waals surface area contributed by atoms with Crippen LogP contribution in [0.15, 0.2) is 18.3 Å². The van der Waals surface area contributed by atoms with Crippen molar-refractivity contribution in [2.75, 3.05) is 31.1 Å². The van der Waals surface area contributed by atoms with Gasteiger partial charge in [-0.2, -0.15) is 13.2 Å². The number of aromatic nitrogens is 1. The number of alkyl halides is 3. The van der Waals surface area contributed by atoms with Crippen molar-refractivity contribution in [2.24, 2.45) is 0 Å². The molecule has 1 fully saturated rings. The molecule has 1 amide bonds. The molecule has 0 saturated carbocycles. The van der Waals surface area contributed by atoms with Gasteiger partial charge in [-0.3, -0.25) is 4.79 Å². The smallest absolute Gasteiger partial charge is 0.355 e. The summed E-state index contributed by atoms with van der Waals surface area (Å²) in [5.74, 6) is 0.703. The lowest BCUT2D eigenvalue weighted by Gasteiger charge is -2.23. The van der Waals surface area contributed by atoms with Crippen LogP contribution in [0.3, 0.4) is 0 Å². The number of hydrogen-bond donors (Lipinski definition) is 0. The fourth-order valence-electron chi connectivity index (χ4n) is 2.82. The molecule has 0 bridgehead atoms. The number of nitrogens with zero attached hydrogens (tertiary/aromatic N) is 3. The summed E-state index contributed by atoms with van der Waals surface area (Å²) in [6, 6.07) is 2.46. The van der Waals surface area contributed by atoms with Gasteiger partial charge in [-0.05, 0) is 25.0 Å². The number of hydrogen-bond acceptors (Lipinski definition) is 3. The number of carbonyl (C=O) groups excluding carboxylic acids is 1. The van der Waals surface area contributed by atoms with Crippen LogP contribution in [-0.2, 0) is 11.0 Å². The quantitative estimate of drug-likeness (QED) is 0.765. The molecule has 0 unspecified atom stereocenters. The van der Waals surface area contributed by atoms with Crippen molar-refractivity contribution in [3.63, 3.8) is 0 Å². The van der Waals surface area contributed by atoms with E-state index in [0.717, 1.165) is 37.9 Å². The molecule has 1 saturated heterocycles. The number of amides is 1. The van der Waals surface area contributed by atoms with E-state index in [1.807, 2.05) is 9.80 Å². The van der Waals surface area contributed by atoms with E-state index >= 15 is 0 Å². The van der Waals surface area contributed by atoms with Crippen LogP contribution in [0.4, 0.5) is 19.0 Å². The standard InChI is InChI=1S/C17H24F3N3O/c1-2-3-4-6-16(24)23-10-5-9-22(11-12-23)15-8-7-14(13-21-15)17(18,19)20/h7-8,13H,2-6,9-12H2,1H3. The molecule has 4 nitrogen and oxygen atoms in total. The SMILES string of the molecule is CCCCCC(=O)N1CCCN(c2ccc(C(F)(F)F)cn2)CC1. The Balaban J connectivity index is 1.92. The lowest BCUT2D eigenvalue weighted by molar-refractivity contribution is -0.137. The third kappa shape index (κ3) is 5.11. The topological polar surface area (TPSA) is 36.4 Å². The second-order valence-corrected chi connectivity index (χ2v) is 6.08. The summed E-state index contributed by atoms with van der Waals surface area (Å²) in [4.78, 5) is 19.9. The van der Waals surface area contributed by atoms with E-state index in [9.17, 15) is 18.0 Å². The minimum Gasteiger partial charge on any atom is -0.355 e. The van der Waals surface area contributed by atoms with E-state index < -0.39 is 11.7 Å². The van der Waals surface area contributed by atoms with Crippen LogP contribution in [0.25, 0.3) is 0 Å². The largest absolute Gasteiger partial charge is 0.417 e. The predicted molar refractivity (Wildman–Crippen MR) is 86.8 cm³/mol. The second kappa shape index (κ2) is 8.35. The van der Waals surface area contributed by atoms with E-state index in [1.165, 1.54) is 6.07 Å². The molecule has 2 heterocycles. The van der Waals surface area contributed by atoms with Crippen molar-refractivity contribution in [2.45, 2.75) is 45.2 Å². The summed E-state index contributed by atoms with van der Waals surface area (Å²) >= 11 is 0. The van der Waals surface area contributed by atoms with Crippen molar-refractivity contribution in [1.29, 1.82) is 0 Å². The molecule has 0 N–H and O–H groups in total. The fraction of sp³-hybridized carbons (Fsp3) is 0.647. The minimum atomic E-state index is -4.37. The Bertz CT molecular complexity index is 531. The lowest BCUT2D eigenvalue weighted by atomic mass is 10.2. The normalized spacial score (nSPS) is 16.2. The molecule has 0 aromatic carbocycles. The highest BCUT2D eigenvalue weighted by molar-refractivity contribution is 5.76. The van der Waals surface area contributed by atoms with Crippen LogP contribution in [0.5, 0.6) is 0 Å². The summed E-state index contributed by atoms with van der Waals surface area (Å²) < 4.78 is 37.8.